The second kappa shape index (κ2) is 14.5. The molecule has 4 atom stereocenters. The van der Waals surface area contributed by atoms with Crippen LogP contribution >= 0.6 is 31.5 Å². The predicted octanol–water partition coefficient (Wildman–Crippen LogP) is 3.05. The van der Waals surface area contributed by atoms with E-state index in [0.717, 1.165) is 12.8 Å². The zero-order chi connectivity index (χ0) is 16.1. The molecule has 0 aromatic rings. The Bertz CT molecular complexity index is 238. The number of ether oxygens (including phenoxy) is 1. The molecule has 0 aliphatic carbocycles. The standard InChI is InChI=1S/C12H24Cl2O2.HO3P/c1-4-12(16-7-5-6-15)11(10(3)14)8-9(2)13;1-4(2)3/h9-12,15H,4-8H2,1-3H3;(H-,1,2,3)/p+1. The van der Waals surface area contributed by atoms with E-state index in [1.807, 2.05) is 13.8 Å². The second-order valence-electron chi connectivity index (χ2n) is 4.51. The molecule has 0 heterocycles. The Morgan fingerprint density at radius 2 is 1.75 bits per heavy atom. The van der Waals surface area contributed by atoms with Crippen LogP contribution in [0, 0.1) is 5.92 Å². The lowest BCUT2D eigenvalue weighted by Crippen LogP contribution is -2.31. The molecule has 0 aliphatic heterocycles. The molecular formula is C12H26Cl2O5P+. The predicted molar refractivity (Wildman–Crippen MR) is 82.5 cm³/mol. The van der Waals surface area contributed by atoms with E-state index in [2.05, 4.69) is 6.92 Å². The molecule has 0 fully saturated rings. The van der Waals surface area contributed by atoms with E-state index in [1.54, 1.807) is 0 Å². The maximum Gasteiger partial charge on any atom is 0.692 e. The van der Waals surface area contributed by atoms with E-state index in [0.29, 0.717) is 13.0 Å². The Kier molecular flexibility index (Phi) is 16.5. The molecule has 0 aliphatic rings. The Morgan fingerprint density at radius 3 is 2.05 bits per heavy atom. The van der Waals surface area contributed by atoms with E-state index in [1.165, 1.54) is 0 Å². The minimum absolute atomic E-state index is 0.0558. The number of aliphatic hydroxyl groups is 1. The number of rotatable bonds is 9. The highest BCUT2D eigenvalue weighted by Crippen LogP contribution is 2.26. The van der Waals surface area contributed by atoms with Crippen molar-refractivity contribution in [3.8, 4) is 0 Å². The van der Waals surface area contributed by atoms with Gasteiger partial charge in [0.25, 0.3) is 0 Å². The van der Waals surface area contributed by atoms with Gasteiger partial charge in [0.2, 0.25) is 0 Å². The van der Waals surface area contributed by atoms with Gasteiger partial charge in [-0.05, 0) is 33.1 Å². The third kappa shape index (κ3) is 14.9. The maximum atomic E-state index is 8.72. The number of aliphatic hydroxyl groups excluding tert-OH is 1. The van der Waals surface area contributed by atoms with Gasteiger partial charge < -0.3 is 9.84 Å². The first-order valence-corrected chi connectivity index (χ1v) is 8.65. The molecule has 0 bridgehead atoms. The summed E-state index contributed by atoms with van der Waals surface area (Å²) < 4.78 is 14.5. The minimum Gasteiger partial charge on any atom is -0.396 e. The van der Waals surface area contributed by atoms with Gasteiger partial charge in [0, 0.05) is 34.5 Å². The van der Waals surface area contributed by atoms with Gasteiger partial charge in [0.05, 0.1) is 6.10 Å². The van der Waals surface area contributed by atoms with E-state index >= 15 is 0 Å². The van der Waals surface area contributed by atoms with Gasteiger partial charge in [0.1, 0.15) is 0 Å². The summed E-state index contributed by atoms with van der Waals surface area (Å²) in [5, 5.41) is 8.89. The summed E-state index contributed by atoms with van der Waals surface area (Å²) in [7, 11) is -2.87. The fourth-order valence-electron chi connectivity index (χ4n) is 1.85. The van der Waals surface area contributed by atoms with E-state index in [4.69, 9.17) is 47.4 Å². The molecular weight excluding hydrogens is 326 g/mol. The molecule has 3 N–H and O–H groups in total. The van der Waals surface area contributed by atoms with Crippen LogP contribution in [0.15, 0.2) is 0 Å². The normalized spacial score (nSPS) is 16.6. The first-order valence-electron chi connectivity index (χ1n) is 6.61. The molecule has 5 nitrogen and oxygen atoms in total. The van der Waals surface area contributed by atoms with E-state index in [-0.39, 0.29) is 29.4 Å². The van der Waals surface area contributed by atoms with Crippen molar-refractivity contribution in [1.29, 1.82) is 0 Å². The lowest BCUT2D eigenvalue weighted by atomic mass is 9.92. The zero-order valence-electron chi connectivity index (χ0n) is 12.2. The van der Waals surface area contributed by atoms with Crippen LogP contribution in [-0.4, -0.2) is 45.0 Å². The lowest BCUT2D eigenvalue weighted by molar-refractivity contribution is 0.00114. The quantitative estimate of drug-likeness (QED) is 0.337. The van der Waals surface area contributed by atoms with Crippen molar-refractivity contribution in [3.63, 3.8) is 0 Å². The first kappa shape index (κ1) is 22.8. The van der Waals surface area contributed by atoms with Gasteiger partial charge in [-0.15, -0.1) is 33.0 Å². The van der Waals surface area contributed by atoms with Gasteiger partial charge in [-0.25, -0.2) is 0 Å². The van der Waals surface area contributed by atoms with Crippen LogP contribution < -0.4 is 0 Å². The zero-order valence-corrected chi connectivity index (χ0v) is 14.6. The van der Waals surface area contributed by atoms with Gasteiger partial charge in [-0.2, -0.15) is 0 Å². The monoisotopic (exact) mass is 351 g/mol. The highest BCUT2D eigenvalue weighted by Gasteiger charge is 2.26. The van der Waals surface area contributed by atoms with Crippen LogP contribution in [0.25, 0.3) is 0 Å². The Morgan fingerprint density at radius 1 is 1.25 bits per heavy atom. The maximum absolute atomic E-state index is 8.72. The van der Waals surface area contributed by atoms with Crippen LogP contribution in [0.5, 0.6) is 0 Å². The smallest absolute Gasteiger partial charge is 0.396 e. The summed E-state index contributed by atoms with van der Waals surface area (Å²) in [6, 6.07) is 0. The third-order valence-corrected chi connectivity index (χ3v) is 3.20. The molecule has 0 spiro atoms. The van der Waals surface area contributed by atoms with Crippen LogP contribution in [0.2, 0.25) is 0 Å². The second-order valence-corrected chi connectivity index (χ2v) is 6.44. The highest BCUT2D eigenvalue weighted by atomic mass is 35.5. The van der Waals surface area contributed by atoms with Gasteiger partial charge >= 0.3 is 8.25 Å². The van der Waals surface area contributed by atoms with Crippen molar-refractivity contribution >= 4 is 31.5 Å². The minimum atomic E-state index is -2.87. The molecule has 0 saturated heterocycles. The molecule has 0 amide bonds. The van der Waals surface area contributed by atoms with Crippen molar-refractivity contribution in [2.24, 2.45) is 5.92 Å². The fraction of sp³-hybridized carbons (Fsp3) is 1.00. The third-order valence-electron chi connectivity index (χ3n) is 2.70. The summed E-state index contributed by atoms with van der Waals surface area (Å²) in [6.07, 6.45) is 2.61. The highest BCUT2D eigenvalue weighted by molar-refractivity contribution is 7.30. The summed E-state index contributed by atoms with van der Waals surface area (Å²) >= 11 is 12.2. The van der Waals surface area contributed by atoms with Crippen LogP contribution in [0.1, 0.15) is 40.0 Å². The first-order chi connectivity index (χ1) is 9.26. The van der Waals surface area contributed by atoms with Crippen molar-refractivity contribution in [2.75, 3.05) is 13.2 Å². The molecule has 0 saturated carbocycles. The van der Waals surface area contributed by atoms with Gasteiger partial charge in [0.15, 0.2) is 0 Å². The van der Waals surface area contributed by atoms with Crippen LogP contribution in [0.4, 0.5) is 0 Å². The molecule has 0 aromatic heterocycles. The SMILES string of the molecule is CCC(OCCCO)C(CC(C)Cl)C(C)Cl.O=[P+](O)O. The van der Waals surface area contributed by atoms with E-state index in [9.17, 15) is 0 Å². The number of hydrogen-bond acceptors (Lipinski definition) is 3. The Balaban J connectivity index is 0. The van der Waals surface area contributed by atoms with Crippen LogP contribution in [-0.2, 0) is 9.30 Å². The summed E-state index contributed by atoms with van der Waals surface area (Å²) in [6.45, 7) is 6.82. The van der Waals surface area contributed by atoms with Crippen molar-refractivity contribution < 1.29 is 24.2 Å². The molecule has 4 unspecified atom stereocenters. The largest absolute Gasteiger partial charge is 0.692 e. The lowest BCUT2D eigenvalue weighted by Gasteiger charge is -2.29. The van der Waals surface area contributed by atoms with Crippen molar-refractivity contribution in [2.45, 2.75) is 56.9 Å². The average Bonchev–Trinajstić information content (AvgIpc) is 2.31. The topological polar surface area (TPSA) is 87.0 Å². The molecule has 0 radical (unpaired) electrons. The van der Waals surface area contributed by atoms with Crippen molar-refractivity contribution in [1.82, 2.24) is 0 Å². The number of hydrogen-bond donors (Lipinski definition) is 3. The molecule has 20 heavy (non-hydrogen) atoms. The Hall–Kier alpha value is 0.520. The summed E-state index contributed by atoms with van der Waals surface area (Å²) in [5.74, 6) is 0.276. The molecule has 8 heteroatoms. The van der Waals surface area contributed by atoms with Gasteiger partial charge in [-0.1, -0.05) is 6.92 Å². The number of alkyl halides is 2. The molecule has 0 rings (SSSR count). The van der Waals surface area contributed by atoms with Crippen LogP contribution in [0.3, 0.4) is 0 Å². The Labute approximate surface area is 132 Å². The molecule has 122 valence electrons. The van der Waals surface area contributed by atoms with Crippen molar-refractivity contribution in [3.05, 3.63) is 0 Å². The summed E-state index contributed by atoms with van der Waals surface area (Å²) in [4.78, 5) is 14.2. The fourth-order valence-corrected chi connectivity index (χ4v) is 2.32. The molecule has 0 aromatic carbocycles. The van der Waals surface area contributed by atoms with E-state index < -0.39 is 8.25 Å². The average molecular weight is 352 g/mol. The summed E-state index contributed by atoms with van der Waals surface area (Å²) in [5.41, 5.74) is 0. The number of halogens is 2. The van der Waals surface area contributed by atoms with Gasteiger partial charge in [-0.3, -0.25) is 0 Å².